The number of likely N-dealkylation sites (N-methyl/N-ethyl adjacent to an activating group) is 3. The minimum absolute atomic E-state index is 0. The number of Topliss-reactive ketones (excluding diaryl/α,β-unsaturated/α-hetero) is 1. The van der Waals surface area contributed by atoms with Gasteiger partial charge >= 0.3 is 11.9 Å². The van der Waals surface area contributed by atoms with Crippen molar-refractivity contribution in [3.63, 3.8) is 0 Å². The van der Waals surface area contributed by atoms with Gasteiger partial charge in [-0.3, -0.25) is 36.9 Å². The normalized spacial score (nSPS) is 14.3. The number of carbonyl (C=O) groups is 3. The Morgan fingerprint density at radius 3 is 0.929 bits per heavy atom. The van der Waals surface area contributed by atoms with Crippen molar-refractivity contribution in [3.05, 3.63) is 127 Å². The fraction of sp³-hybridized carbons (Fsp3) is 0.557. The fourth-order valence-electron chi connectivity index (χ4n) is 7.48. The average Bonchev–Trinajstić information content (AvgIpc) is 3.53. The molecule has 15 nitrogen and oxygen atoms in total. The Bertz CT molecular complexity index is 1930. The Kier molecular flexibility index (Phi) is 69.4. The number of piperazine rings is 3. The van der Waals surface area contributed by atoms with Crippen LogP contribution in [0.15, 0.2) is 72.8 Å². The standard InChI is InChI=1S/2C14H19N2O.C13H20N2.C7H13OS2.2C6H11O2S2.CHO2.3Y/c2*1-15-7-9-16(10-8-15)12-14-4-2-13(3-5-14)6-11-17;1-12-3-5-13(6-4-12)11-15-9-7-14(2)8-10-15;1-3-9-10-6-4-5-7(2)8;2*1-2-9-10-5-3-4-6(7)8;2-1-3;;;/h2*2-5H,6-10,12H2,1H3;3-6H,7-11H2,1-2H3;1,3-6H2,2H3;2*1-5H2,(H,7,8);(H,2,3);;;/q2*-1;;4*-1;;;. The van der Waals surface area contributed by atoms with Crippen LogP contribution >= 0.6 is 64.8 Å². The number of aryl methyl sites for hydroxylation is 1. The Morgan fingerprint density at radius 2 is 0.694 bits per heavy atom. The van der Waals surface area contributed by atoms with E-state index in [0.29, 0.717) is 25.1 Å². The van der Waals surface area contributed by atoms with Crippen LogP contribution in [0.5, 0.6) is 0 Å². The summed E-state index contributed by atoms with van der Waals surface area (Å²) in [5.74, 6) is 4.36. The van der Waals surface area contributed by atoms with Crippen LogP contribution < -0.4 is 0 Å². The Morgan fingerprint density at radius 1 is 0.447 bits per heavy atom. The van der Waals surface area contributed by atoms with E-state index in [0.717, 1.165) is 143 Å². The molecule has 6 rings (SSSR count). The molecule has 0 aliphatic carbocycles. The van der Waals surface area contributed by atoms with Gasteiger partial charge in [0.1, 0.15) is 5.78 Å². The van der Waals surface area contributed by atoms with Crippen LogP contribution in [0, 0.1) is 27.7 Å². The minimum atomic E-state index is -0.708. The van der Waals surface area contributed by atoms with Crippen molar-refractivity contribution >= 4 is 102 Å². The van der Waals surface area contributed by atoms with E-state index in [1.54, 1.807) is 71.7 Å². The van der Waals surface area contributed by atoms with Gasteiger partial charge in [-0.2, -0.15) is 0 Å². The maximum absolute atomic E-state index is 10.4. The van der Waals surface area contributed by atoms with Crippen molar-refractivity contribution in [2.75, 3.05) is 134 Å². The van der Waals surface area contributed by atoms with E-state index < -0.39 is 11.9 Å². The summed E-state index contributed by atoms with van der Waals surface area (Å²) in [6.07, 6.45) is 8.46. The summed E-state index contributed by atoms with van der Waals surface area (Å²) in [6, 6.07) is 25.4. The van der Waals surface area contributed by atoms with Crippen molar-refractivity contribution in [1.29, 1.82) is 0 Å². The first-order valence-electron chi connectivity index (χ1n) is 27.7. The molecule has 3 aromatic carbocycles. The monoisotopic (exact) mass is 1510 g/mol. The number of carboxylic acids is 2. The molecule has 3 fully saturated rings. The number of carbonyl (C=O) groups excluding carboxylic acids is 3. The number of rotatable bonds is 28. The summed E-state index contributed by atoms with van der Waals surface area (Å²) in [5, 5.41) is 23.2. The second-order valence-electron chi connectivity index (χ2n) is 19.3. The summed E-state index contributed by atoms with van der Waals surface area (Å²) in [6.45, 7) is 32.3. The molecule has 0 amide bonds. The summed E-state index contributed by atoms with van der Waals surface area (Å²) in [7, 11) is 16.8. The first kappa shape index (κ1) is 91.7. The molecule has 3 N–H and O–H groups in total. The molecule has 3 aromatic rings. The van der Waals surface area contributed by atoms with E-state index in [1.807, 2.05) is 36.8 Å². The van der Waals surface area contributed by atoms with Crippen LogP contribution in [0.1, 0.15) is 78.8 Å². The minimum Gasteiger partial charge on any atom is -0.665 e. The Labute approximate surface area is 611 Å². The molecule has 473 valence electrons. The predicted octanol–water partition coefficient (Wildman–Crippen LogP) is 10.2. The Hall–Kier alpha value is 0.252. The molecule has 0 unspecified atom stereocenters. The number of benzene rings is 3. The van der Waals surface area contributed by atoms with Gasteiger partial charge in [0.25, 0.3) is 0 Å². The molecule has 3 heterocycles. The molecule has 0 saturated carbocycles. The van der Waals surface area contributed by atoms with E-state index in [2.05, 4.69) is 127 Å². The van der Waals surface area contributed by atoms with Crippen LogP contribution in [-0.2, 0) is 159 Å². The fourth-order valence-corrected chi connectivity index (χ4v) is 12.2. The number of hydrogen-bond acceptors (Lipinski definition) is 18. The van der Waals surface area contributed by atoms with Gasteiger partial charge < -0.3 is 70.0 Å². The third kappa shape index (κ3) is 57.9. The largest absolute Gasteiger partial charge is 0.665 e. The summed E-state index contributed by atoms with van der Waals surface area (Å²) in [4.78, 5) is 73.8. The van der Waals surface area contributed by atoms with Gasteiger partial charge in [0.2, 0.25) is 0 Å². The SMILES string of the molecule is CN1CCN(Cc2ccc(C[C-]=O)cc2)CC1.CN1CCN(Cc2ccc(C[C-]=O)cc2)CC1.Cc1ccc(CN2CCN(C)CC2)cc1.O=[C-]O.[CH2-]CSSCCCC(=O)O.[CH2-]CSSCCCC(=O)O.[CH2-]CSSCCCC(C)=O.[Y].[Y].[Y]. The third-order valence-electron chi connectivity index (χ3n) is 12.2. The number of hydrogen-bond donors (Lipinski definition) is 3. The molecule has 0 bridgehead atoms. The maximum atomic E-state index is 10.4. The summed E-state index contributed by atoms with van der Waals surface area (Å²) >= 11 is 0. The molecule has 3 aliphatic rings. The number of nitrogens with zero attached hydrogens (tertiary/aromatic N) is 6. The Balaban J connectivity index is -0.000000463. The van der Waals surface area contributed by atoms with Crippen molar-refractivity contribution in [3.8, 4) is 0 Å². The molecular weight excluding hydrogens is 1420 g/mol. The van der Waals surface area contributed by atoms with Gasteiger partial charge in [-0.15, -0.1) is 62.5 Å². The van der Waals surface area contributed by atoms with E-state index >= 15 is 0 Å². The van der Waals surface area contributed by atoms with Crippen molar-refractivity contribution in [2.24, 2.45) is 0 Å². The zero-order chi connectivity index (χ0) is 61.0. The molecule has 3 saturated heterocycles. The molecule has 0 aromatic heterocycles. The molecule has 0 spiro atoms. The summed E-state index contributed by atoms with van der Waals surface area (Å²) in [5.41, 5.74) is 7.51. The van der Waals surface area contributed by atoms with Gasteiger partial charge in [-0.1, -0.05) is 128 Å². The first-order chi connectivity index (χ1) is 39.5. The van der Waals surface area contributed by atoms with Crippen molar-refractivity contribution in [2.45, 2.75) is 84.8 Å². The van der Waals surface area contributed by atoms with Gasteiger partial charge in [-0.05, 0) is 70.9 Å². The zero-order valence-electron chi connectivity index (χ0n) is 51.2. The van der Waals surface area contributed by atoms with Crippen LogP contribution in [0.4, 0.5) is 0 Å². The van der Waals surface area contributed by atoms with Crippen LogP contribution in [0.2, 0.25) is 0 Å². The first-order valence-corrected chi connectivity index (χ1v) is 35.2. The molecule has 85 heavy (non-hydrogen) atoms. The van der Waals surface area contributed by atoms with E-state index in [-0.39, 0.29) is 111 Å². The van der Waals surface area contributed by atoms with Crippen molar-refractivity contribution < 1.29 is 142 Å². The van der Waals surface area contributed by atoms with E-state index in [9.17, 15) is 24.0 Å². The van der Waals surface area contributed by atoms with E-state index in [1.165, 1.54) is 48.4 Å². The van der Waals surface area contributed by atoms with Gasteiger partial charge in [0.05, 0.1) is 0 Å². The summed E-state index contributed by atoms with van der Waals surface area (Å²) < 4.78 is 0. The molecule has 24 heteroatoms. The maximum Gasteiger partial charge on any atom is 0.303 e. The van der Waals surface area contributed by atoms with Crippen LogP contribution in [0.3, 0.4) is 0 Å². The number of aliphatic carboxylic acids is 2. The van der Waals surface area contributed by atoms with Gasteiger partial charge in [0, 0.05) is 233 Å². The van der Waals surface area contributed by atoms with E-state index in [4.69, 9.17) is 20.1 Å². The van der Waals surface area contributed by atoms with Gasteiger partial charge in [0.15, 0.2) is 0 Å². The topological polar surface area (TPSA) is 183 Å². The molecule has 3 aliphatic heterocycles. The number of carboxylic acid groups (broad SMARTS) is 2. The zero-order valence-corrected chi connectivity index (χ0v) is 64.6. The van der Waals surface area contributed by atoms with Crippen LogP contribution in [0.25, 0.3) is 0 Å². The molecule has 3 radical (unpaired) electrons. The molecular formula is C61H94N6O9S6Y3-6. The smallest absolute Gasteiger partial charge is 0.303 e. The number of aliphatic hydroxyl groups excluding tert-OH is 1. The van der Waals surface area contributed by atoms with Crippen molar-refractivity contribution in [1.82, 2.24) is 29.4 Å². The second-order valence-corrected chi connectivity index (χ2v) is 27.4. The quantitative estimate of drug-likeness (QED) is 0.0354. The predicted molar refractivity (Wildman–Crippen MR) is 354 cm³/mol. The number of ketones is 1. The third-order valence-corrected chi connectivity index (χ3v) is 19.1. The molecule has 0 atom stereocenters. The van der Waals surface area contributed by atoms with Gasteiger partial charge in [-0.25, -0.2) is 0 Å². The second kappa shape index (κ2) is 64.4. The van der Waals surface area contributed by atoms with Crippen LogP contribution in [-0.4, -0.2) is 216 Å². The average molecular weight is 1510 g/mol.